The van der Waals surface area contributed by atoms with Crippen molar-refractivity contribution in [2.45, 2.75) is 105 Å². The van der Waals surface area contributed by atoms with Gasteiger partial charge >= 0.3 is 0 Å². The number of nitrogen functional groups attached to an aromatic ring is 1. The fourth-order valence-corrected chi connectivity index (χ4v) is 11.4. The highest BCUT2D eigenvalue weighted by Gasteiger charge is 2.60. The molecule has 1 aromatic heterocycles. The standard InChI is InChI=1S/C37H51N3S/c1-23(2)10-9-11-24(3)31-16-17-32-27-15-14-25-20-28-29(21-37(25,5)33(27)18-19-36(31,32)4)35(41)40(34(39)30(28)22-38)26-12-7-6-8-13-26/h6-8,12-13,23-25,27,31-33H,9-11,14-21,39H2,1-5H3/t24-,25+,27+,31-,32+,33+,36-,37+/m1/s1. The Bertz CT molecular complexity index is 1390. The smallest absolute Gasteiger partial charge is 0.127 e. The van der Waals surface area contributed by atoms with Gasteiger partial charge in [0.2, 0.25) is 0 Å². The number of hydrogen-bond donors (Lipinski definition) is 1. The van der Waals surface area contributed by atoms with E-state index in [1.54, 1.807) is 0 Å². The van der Waals surface area contributed by atoms with Crippen LogP contribution in [0.1, 0.15) is 109 Å². The third-order valence-electron chi connectivity index (χ3n) is 13.0. The molecule has 220 valence electrons. The van der Waals surface area contributed by atoms with Crippen molar-refractivity contribution >= 4 is 18.0 Å². The number of nitrogens with zero attached hydrogens (tertiary/aromatic N) is 2. The van der Waals surface area contributed by atoms with Gasteiger partial charge in [0.05, 0.1) is 5.56 Å². The molecule has 2 N–H and O–H groups in total. The van der Waals surface area contributed by atoms with Gasteiger partial charge in [-0.05, 0) is 127 Å². The number of hydrogen-bond acceptors (Lipinski definition) is 3. The van der Waals surface area contributed by atoms with E-state index < -0.39 is 0 Å². The van der Waals surface area contributed by atoms with Gasteiger partial charge in [0, 0.05) is 5.69 Å². The summed E-state index contributed by atoms with van der Waals surface area (Å²) in [6, 6.07) is 12.6. The van der Waals surface area contributed by atoms with Crippen molar-refractivity contribution in [3.63, 3.8) is 0 Å². The summed E-state index contributed by atoms with van der Waals surface area (Å²) in [5, 5.41) is 10.3. The summed E-state index contributed by atoms with van der Waals surface area (Å²) in [6.07, 6.45) is 14.4. The molecular formula is C37H51N3S. The molecule has 2 aromatic rings. The molecule has 0 saturated heterocycles. The third kappa shape index (κ3) is 4.61. The van der Waals surface area contributed by atoms with Crippen molar-refractivity contribution in [1.29, 1.82) is 5.26 Å². The van der Waals surface area contributed by atoms with Crippen LogP contribution in [0, 0.1) is 68.2 Å². The fraction of sp³-hybridized carbons (Fsp3) is 0.676. The van der Waals surface area contributed by atoms with Crippen molar-refractivity contribution in [3.05, 3.63) is 51.7 Å². The van der Waals surface area contributed by atoms with Crippen LogP contribution in [0.2, 0.25) is 0 Å². The number of pyridine rings is 1. The predicted molar refractivity (Wildman–Crippen MR) is 172 cm³/mol. The van der Waals surface area contributed by atoms with Gasteiger partial charge in [-0.25, -0.2) is 0 Å². The highest BCUT2D eigenvalue weighted by molar-refractivity contribution is 7.71. The minimum absolute atomic E-state index is 0.239. The quantitative estimate of drug-likeness (QED) is 0.352. The fourth-order valence-electron chi connectivity index (χ4n) is 11.0. The zero-order valence-electron chi connectivity index (χ0n) is 26.1. The van der Waals surface area contributed by atoms with Crippen LogP contribution in [-0.2, 0) is 12.8 Å². The Balaban J connectivity index is 1.31. The normalized spacial score (nSPS) is 34.7. The molecule has 6 rings (SSSR count). The van der Waals surface area contributed by atoms with Gasteiger partial charge in [-0.3, -0.25) is 4.57 Å². The van der Waals surface area contributed by atoms with Gasteiger partial charge < -0.3 is 5.73 Å². The average Bonchev–Trinajstić information content (AvgIpc) is 3.30. The Morgan fingerprint density at radius 2 is 1.71 bits per heavy atom. The van der Waals surface area contributed by atoms with Gasteiger partial charge in [-0.1, -0.05) is 84.3 Å². The summed E-state index contributed by atoms with van der Waals surface area (Å²) < 4.78 is 2.79. The minimum Gasteiger partial charge on any atom is -0.384 e. The third-order valence-corrected chi connectivity index (χ3v) is 13.5. The van der Waals surface area contributed by atoms with Crippen LogP contribution in [-0.4, -0.2) is 4.57 Å². The van der Waals surface area contributed by atoms with Gasteiger partial charge in [-0.15, -0.1) is 0 Å². The van der Waals surface area contributed by atoms with E-state index in [-0.39, 0.29) is 5.41 Å². The largest absolute Gasteiger partial charge is 0.384 e. The molecule has 4 heteroatoms. The second-order valence-electron chi connectivity index (χ2n) is 15.4. The first-order chi connectivity index (χ1) is 19.6. The van der Waals surface area contributed by atoms with Crippen LogP contribution in [0.4, 0.5) is 5.82 Å². The Kier molecular flexibility index (Phi) is 7.67. The SMILES string of the molecule is CC(C)CCC[C@@H](C)[C@H]1CC[C@H]2[C@@H]3CC[C@H]4Cc5c(C#N)c(N)n(-c6ccccc6)c(=S)c5C[C@]4(C)[C@H]3CC[C@]12C. The average molecular weight is 570 g/mol. The molecule has 4 aliphatic carbocycles. The van der Waals surface area contributed by atoms with Gasteiger partial charge in [0.15, 0.2) is 0 Å². The number of nitriles is 1. The number of benzene rings is 1. The summed E-state index contributed by atoms with van der Waals surface area (Å²) in [6.45, 7) is 12.6. The highest BCUT2D eigenvalue weighted by Crippen LogP contribution is 2.68. The number of para-hydroxylation sites is 1. The Labute approximate surface area is 253 Å². The van der Waals surface area contributed by atoms with Crippen LogP contribution in [0.5, 0.6) is 0 Å². The maximum atomic E-state index is 10.3. The van der Waals surface area contributed by atoms with Gasteiger partial charge in [-0.2, -0.15) is 5.26 Å². The molecule has 0 bridgehead atoms. The van der Waals surface area contributed by atoms with Crippen molar-refractivity contribution in [2.24, 2.45) is 52.3 Å². The summed E-state index contributed by atoms with van der Waals surface area (Å²) in [4.78, 5) is 0. The molecule has 3 fully saturated rings. The lowest BCUT2D eigenvalue weighted by Gasteiger charge is -2.61. The van der Waals surface area contributed by atoms with Crippen molar-refractivity contribution in [3.8, 4) is 11.8 Å². The molecule has 3 nitrogen and oxygen atoms in total. The molecule has 0 spiro atoms. The molecule has 8 atom stereocenters. The summed E-state index contributed by atoms with van der Waals surface area (Å²) in [7, 11) is 0. The zero-order valence-corrected chi connectivity index (χ0v) is 26.9. The molecule has 0 aliphatic heterocycles. The van der Waals surface area contributed by atoms with E-state index in [1.165, 1.54) is 63.4 Å². The lowest BCUT2D eigenvalue weighted by Crippen LogP contribution is -2.54. The monoisotopic (exact) mass is 569 g/mol. The molecule has 1 heterocycles. The van der Waals surface area contributed by atoms with E-state index in [2.05, 4.69) is 40.7 Å². The van der Waals surface area contributed by atoms with Crippen LogP contribution in [0.3, 0.4) is 0 Å². The van der Waals surface area contributed by atoms with E-state index in [1.807, 2.05) is 34.9 Å². The van der Waals surface area contributed by atoms with E-state index in [9.17, 15) is 5.26 Å². The van der Waals surface area contributed by atoms with E-state index >= 15 is 0 Å². The molecule has 0 unspecified atom stereocenters. The highest BCUT2D eigenvalue weighted by atomic mass is 32.1. The minimum atomic E-state index is 0.239. The van der Waals surface area contributed by atoms with Crippen molar-refractivity contribution < 1.29 is 0 Å². The molecular weight excluding hydrogens is 518 g/mol. The second kappa shape index (κ2) is 10.9. The van der Waals surface area contributed by atoms with E-state index in [4.69, 9.17) is 18.0 Å². The lowest BCUT2D eigenvalue weighted by molar-refractivity contribution is -0.103. The van der Waals surface area contributed by atoms with Crippen LogP contribution in [0.15, 0.2) is 30.3 Å². The number of rotatable bonds is 6. The number of aromatic nitrogens is 1. The Morgan fingerprint density at radius 3 is 2.41 bits per heavy atom. The van der Waals surface area contributed by atoms with E-state index in [0.717, 1.165) is 64.2 Å². The molecule has 4 aliphatic rings. The first-order valence-electron chi connectivity index (χ1n) is 16.6. The maximum absolute atomic E-state index is 10.3. The van der Waals surface area contributed by atoms with Crippen LogP contribution >= 0.6 is 12.2 Å². The predicted octanol–water partition coefficient (Wildman–Crippen LogP) is 9.70. The topological polar surface area (TPSA) is 54.7 Å². The summed E-state index contributed by atoms with van der Waals surface area (Å²) in [5.74, 6) is 6.14. The molecule has 0 radical (unpaired) electrons. The van der Waals surface area contributed by atoms with Crippen molar-refractivity contribution in [2.75, 3.05) is 5.73 Å². The Morgan fingerprint density at radius 1 is 0.976 bits per heavy atom. The molecule has 0 amide bonds. The summed E-state index contributed by atoms with van der Waals surface area (Å²) >= 11 is 6.21. The maximum Gasteiger partial charge on any atom is 0.127 e. The second-order valence-corrected chi connectivity index (χ2v) is 15.8. The first kappa shape index (κ1) is 29.0. The molecule has 3 saturated carbocycles. The van der Waals surface area contributed by atoms with Crippen molar-refractivity contribution in [1.82, 2.24) is 4.57 Å². The number of anilines is 1. The number of nitrogens with two attached hydrogens (primary N) is 1. The van der Waals surface area contributed by atoms with Crippen LogP contribution in [0.25, 0.3) is 5.69 Å². The Hall–Kier alpha value is -2.12. The van der Waals surface area contributed by atoms with Gasteiger partial charge in [0.1, 0.15) is 16.5 Å². The van der Waals surface area contributed by atoms with E-state index in [0.29, 0.717) is 22.7 Å². The zero-order chi connectivity index (χ0) is 29.1. The number of fused-ring (bicyclic) bond motifs is 6. The molecule has 41 heavy (non-hydrogen) atoms. The lowest BCUT2D eigenvalue weighted by atomic mass is 9.44. The first-order valence-corrected chi connectivity index (χ1v) is 17.0. The molecule has 1 aromatic carbocycles. The van der Waals surface area contributed by atoms with Crippen LogP contribution < -0.4 is 5.73 Å². The summed E-state index contributed by atoms with van der Waals surface area (Å²) in [5.41, 5.74) is 11.4. The van der Waals surface area contributed by atoms with Gasteiger partial charge in [0.25, 0.3) is 0 Å².